The van der Waals surface area contributed by atoms with E-state index in [1.807, 2.05) is 0 Å². The summed E-state index contributed by atoms with van der Waals surface area (Å²) in [6, 6.07) is 5.30. The van der Waals surface area contributed by atoms with E-state index in [0.717, 1.165) is 12.1 Å². The number of aromatic nitrogens is 2. The zero-order valence-corrected chi connectivity index (χ0v) is 18.2. The molecule has 3 N–H and O–H groups in total. The van der Waals surface area contributed by atoms with E-state index < -0.39 is 23.6 Å². The van der Waals surface area contributed by atoms with Gasteiger partial charge >= 0.3 is 0 Å². The van der Waals surface area contributed by atoms with Gasteiger partial charge in [-0.25, -0.2) is 13.8 Å². The number of hydrogen-bond acceptors (Lipinski definition) is 4. The smallest absolute Gasteiger partial charge is 0.268 e. The normalized spacial score (nSPS) is 18.1. The molecular formula is C23H21ClF2N4O3. The molecule has 1 aliphatic carbocycles. The van der Waals surface area contributed by atoms with Crippen LogP contribution in [0.2, 0.25) is 5.02 Å². The maximum atomic E-state index is 14.3. The first-order valence-electron chi connectivity index (χ1n) is 10.6. The highest BCUT2D eigenvalue weighted by Gasteiger charge is 2.54. The number of carbonyl (C=O) groups excluding carboxylic acids is 2. The lowest BCUT2D eigenvalue weighted by atomic mass is 9.62. The number of nitrogens with zero attached hydrogens (tertiary/aromatic N) is 2. The molecule has 3 heterocycles. The molecule has 2 fully saturated rings. The van der Waals surface area contributed by atoms with E-state index in [4.69, 9.17) is 11.6 Å². The standard InChI is InChI=1S/C23H21ClF2N4O3/c24-14-3-13-5-18(28-20(13)27-9-14)21(32)29-19(4-12-1-2-15(25)6-17(12)26)22(33)30-10-23(11-30)7-16(31)8-23/h1-3,5-6,9,16,19,31H,4,7-8,10-11H2,(H,27,28)(H,29,32)/t19-/m0/s1. The van der Waals surface area contributed by atoms with Gasteiger partial charge < -0.3 is 20.3 Å². The van der Waals surface area contributed by atoms with Crippen molar-refractivity contribution < 1.29 is 23.5 Å². The number of benzene rings is 1. The molecule has 172 valence electrons. The molecule has 1 atom stereocenters. The molecule has 33 heavy (non-hydrogen) atoms. The Bertz CT molecular complexity index is 1250. The van der Waals surface area contributed by atoms with Gasteiger partial charge in [0.1, 0.15) is 29.0 Å². The molecule has 10 heteroatoms. The van der Waals surface area contributed by atoms with Crippen LogP contribution in [0.3, 0.4) is 0 Å². The Kier molecular flexibility index (Phi) is 5.33. The van der Waals surface area contributed by atoms with Crippen molar-refractivity contribution in [2.45, 2.75) is 31.4 Å². The van der Waals surface area contributed by atoms with Crippen LogP contribution >= 0.6 is 11.6 Å². The second-order valence-electron chi connectivity index (χ2n) is 9.00. The van der Waals surface area contributed by atoms with Gasteiger partial charge in [-0.2, -0.15) is 0 Å². The number of likely N-dealkylation sites (tertiary alicyclic amines) is 1. The van der Waals surface area contributed by atoms with Crippen LogP contribution < -0.4 is 5.32 Å². The molecule has 1 aromatic carbocycles. The molecule has 2 aromatic heterocycles. The fourth-order valence-corrected chi connectivity index (χ4v) is 4.96. The molecule has 0 bridgehead atoms. The largest absolute Gasteiger partial charge is 0.393 e. The van der Waals surface area contributed by atoms with E-state index >= 15 is 0 Å². The SMILES string of the molecule is O=C(N[C@@H](Cc1ccc(F)cc1F)C(=O)N1CC2(CC(O)C2)C1)c1cc2cc(Cl)cnc2[nH]1. The van der Waals surface area contributed by atoms with Gasteiger partial charge in [-0.05, 0) is 36.6 Å². The number of aromatic amines is 1. The number of pyridine rings is 1. The summed E-state index contributed by atoms with van der Waals surface area (Å²) in [4.78, 5) is 34.8. The van der Waals surface area contributed by atoms with Crippen LogP contribution in [0.25, 0.3) is 11.0 Å². The Morgan fingerprint density at radius 3 is 2.73 bits per heavy atom. The number of hydrogen-bond donors (Lipinski definition) is 3. The number of fused-ring (bicyclic) bond motifs is 1. The quantitative estimate of drug-likeness (QED) is 0.529. The molecule has 1 spiro atoms. The number of aliphatic hydroxyl groups is 1. The number of halogens is 3. The third-order valence-corrected chi connectivity index (χ3v) is 6.63. The van der Waals surface area contributed by atoms with Crippen molar-refractivity contribution in [3.8, 4) is 0 Å². The fourth-order valence-electron chi connectivity index (χ4n) is 4.79. The van der Waals surface area contributed by atoms with Crippen LogP contribution in [0, 0.1) is 17.0 Å². The molecule has 3 aromatic rings. The first-order chi connectivity index (χ1) is 15.7. The van der Waals surface area contributed by atoms with Gasteiger partial charge in [0.05, 0.1) is 11.1 Å². The number of amides is 2. The predicted octanol–water partition coefficient (Wildman–Crippen LogP) is 2.82. The van der Waals surface area contributed by atoms with E-state index in [-0.39, 0.29) is 35.1 Å². The number of aliphatic hydroxyl groups excluding tert-OH is 1. The van der Waals surface area contributed by atoms with Crippen LogP contribution in [0.1, 0.15) is 28.9 Å². The Labute approximate surface area is 192 Å². The van der Waals surface area contributed by atoms with Gasteiger partial charge in [-0.3, -0.25) is 9.59 Å². The van der Waals surface area contributed by atoms with Gasteiger partial charge in [0.2, 0.25) is 5.91 Å². The fraction of sp³-hybridized carbons (Fsp3) is 0.348. The van der Waals surface area contributed by atoms with Crippen LogP contribution in [0.15, 0.2) is 36.5 Å². The number of rotatable bonds is 5. The second-order valence-corrected chi connectivity index (χ2v) is 9.43. The first-order valence-corrected chi connectivity index (χ1v) is 11.0. The summed E-state index contributed by atoms with van der Waals surface area (Å²) in [6.45, 7) is 0.964. The number of nitrogens with one attached hydrogen (secondary N) is 2. The van der Waals surface area contributed by atoms with Gasteiger partial charge in [0.25, 0.3) is 5.91 Å². The maximum absolute atomic E-state index is 14.3. The third-order valence-electron chi connectivity index (χ3n) is 6.43. The lowest BCUT2D eigenvalue weighted by molar-refractivity contribution is -0.164. The minimum atomic E-state index is -1.05. The van der Waals surface area contributed by atoms with Crippen LogP contribution in [0.4, 0.5) is 8.78 Å². The summed E-state index contributed by atoms with van der Waals surface area (Å²) in [5.74, 6) is -2.41. The Balaban J connectivity index is 1.36. The van der Waals surface area contributed by atoms with Crippen molar-refractivity contribution in [2.75, 3.05) is 13.1 Å². The van der Waals surface area contributed by atoms with E-state index in [9.17, 15) is 23.5 Å². The van der Waals surface area contributed by atoms with E-state index in [1.165, 1.54) is 12.3 Å². The molecular weight excluding hydrogens is 454 g/mol. The number of carbonyl (C=O) groups is 2. The summed E-state index contributed by atoms with van der Waals surface area (Å²) in [5.41, 5.74) is 0.700. The Morgan fingerprint density at radius 2 is 2.03 bits per heavy atom. The molecule has 0 unspecified atom stereocenters. The highest BCUT2D eigenvalue weighted by molar-refractivity contribution is 6.31. The highest BCUT2D eigenvalue weighted by atomic mass is 35.5. The molecule has 1 aliphatic heterocycles. The summed E-state index contributed by atoms with van der Waals surface area (Å²) in [7, 11) is 0. The lowest BCUT2D eigenvalue weighted by Crippen LogP contribution is -2.67. The summed E-state index contributed by atoms with van der Waals surface area (Å²) >= 11 is 5.95. The summed E-state index contributed by atoms with van der Waals surface area (Å²) in [6.07, 6.45) is 2.27. The predicted molar refractivity (Wildman–Crippen MR) is 117 cm³/mol. The van der Waals surface area contributed by atoms with Gasteiger partial charge in [-0.15, -0.1) is 0 Å². The minimum Gasteiger partial charge on any atom is -0.393 e. The topological polar surface area (TPSA) is 98.3 Å². The van der Waals surface area contributed by atoms with Gasteiger partial charge in [0.15, 0.2) is 0 Å². The number of H-pyrrole nitrogens is 1. The Hall–Kier alpha value is -3.04. The van der Waals surface area contributed by atoms with E-state index in [1.54, 1.807) is 17.0 Å². The van der Waals surface area contributed by atoms with Crippen LogP contribution in [0.5, 0.6) is 0 Å². The zero-order chi connectivity index (χ0) is 23.3. The van der Waals surface area contributed by atoms with E-state index in [2.05, 4.69) is 15.3 Å². The van der Waals surface area contributed by atoms with E-state index in [0.29, 0.717) is 42.0 Å². The van der Waals surface area contributed by atoms with Crippen LogP contribution in [-0.4, -0.2) is 57.0 Å². The average molecular weight is 475 g/mol. The molecule has 2 amide bonds. The van der Waals surface area contributed by atoms with Crippen molar-refractivity contribution in [3.63, 3.8) is 0 Å². The van der Waals surface area contributed by atoms with Gasteiger partial charge in [0, 0.05) is 42.6 Å². The first kappa shape index (κ1) is 21.8. The molecule has 7 nitrogen and oxygen atoms in total. The molecule has 2 aliphatic rings. The third kappa shape index (κ3) is 4.18. The van der Waals surface area contributed by atoms with Crippen molar-refractivity contribution in [3.05, 3.63) is 64.4 Å². The second kappa shape index (κ2) is 8.07. The zero-order valence-electron chi connectivity index (χ0n) is 17.4. The maximum Gasteiger partial charge on any atom is 0.268 e. The summed E-state index contributed by atoms with van der Waals surface area (Å²) in [5, 5.41) is 13.3. The average Bonchev–Trinajstić information content (AvgIpc) is 3.13. The molecule has 1 saturated carbocycles. The lowest BCUT2D eigenvalue weighted by Gasteiger charge is -2.58. The monoisotopic (exact) mass is 474 g/mol. The Morgan fingerprint density at radius 1 is 1.27 bits per heavy atom. The highest BCUT2D eigenvalue weighted by Crippen LogP contribution is 2.48. The van der Waals surface area contributed by atoms with Crippen molar-refractivity contribution in [1.82, 2.24) is 20.2 Å². The van der Waals surface area contributed by atoms with Crippen molar-refractivity contribution >= 4 is 34.4 Å². The van der Waals surface area contributed by atoms with Crippen molar-refractivity contribution in [1.29, 1.82) is 0 Å². The van der Waals surface area contributed by atoms with Crippen LogP contribution in [-0.2, 0) is 11.2 Å². The molecule has 1 saturated heterocycles. The van der Waals surface area contributed by atoms with Crippen molar-refractivity contribution in [2.24, 2.45) is 5.41 Å². The minimum absolute atomic E-state index is 0.0626. The summed E-state index contributed by atoms with van der Waals surface area (Å²) < 4.78 is 27.6. The molecule has 0 radical (unpaired) electrons. The van der Waals surface area contributed by atoms with Gasteiger partial charge in [-0.1, -0.05) is 17.7 Å². The molecule has 5 rings (SSSR count).